The standard InChI is InChI=1S/C16H21ClN6/c1-21-12-13(11-20-21)10-19-16(18)23-8-6-22(7-9-23)15-4-2-14(17)3-5-15/h2-5,11-12H,6-10H2,1H3,(H2,18,19). The van der Waals surface area contributed by atoms with E-state index in [0.717, 1.165) is 36.8 Å². The van der Waals surface area contributed by atoms with Crippen LogP contribution in [0.1, 0.15) is 5.56 Å². The molecule has 3 rings (SSSR count). The van der Waals surface area contributed by atoms with Gasteiger partial charge in [0.15, 0.2) is 5.96 Å². The molecule has 0 unspecified atom stereocenters. The van der Waals surface area contributed by atoms with Gasteiger partial charge in [-0.05, 0) is 24.3 Å². The fourth-order valence-corrected chi connectivity index (χ4v) is 2.80. The highest BCUT2D eigenvalue weighted by molar-refractivity contribution is 6.30. The molecule has 0 radical (unpaired) electrons. The van der Waals surface area contributed by atoms with Crippen LogP contribution in [-0.2, 0) is 13.6 Å². The van der Waals surface area contributed by atoms with E-state index in [1.165, 1.54) is 5.69 Å². The Morgan fingerprint density at radius 2 is 1.91 bits per heavy atom. The van der Waals surface area contributed by atoms with E-state index in [1.54, 1.807) is 4.68 Å². The number of halogens is 1. The third-order valence-electron chi connectivity index (χ3n) is 3.98. The molecule has 0 amide bonds. The summed E-state index contributed by atoms with van der Waals surface area (Å²) in [5.41, 5.74) is 8.38. The van der Waals surface area contributed by atoms with Gasteiger partial charge < -0.3 is 15.5 Å². The Bertz CT molecular complexity index is 670. The smallest absolute Gasteiger partial charge is 0.191 e. The molecule has 1 aromatic heterocycles. The highest BCUT2D eigenvalue weighted by Crippen LogP contribution is 2.19. The van der Waals surface area contributed by atoms with Crippen molar-refractivity contribution < 1.29 is 0 Å². The molecule has 1 aliphatic heterocycles. The van der Waals surface area contributed by atoms with Gasteiger partial charge in [-0.1, -0.05) is 11.6 Å². The van der Waals surface area contributed by atoms with E-state index >= 15 is 0 Å². The Hall–Kier alpha value is -2.21. The number of guanidine groups is 1. The number of aryl methyl sites for hydroxylation is 1. The summed E-state index contributed by atoms with van der Waals surface area (Å²) in [4.78, 5) is 8.93. The summed E-state index contributed by atoms with van der Waals surface area (Å²) >= 11 is 5.94. The van der Waals surface area contributed by atoms with Gasteiger partial charge in [0.05, 0.1) is 12.7 Å². The Balaban J connectivity index is 1.54. The van der Waals surface area contributed by atoms with Crippen LogP contribution in [0.3, 0.4) is 0 Å². The lowest BCUT2D eigenvalue weighted by Crippen LogP contribution is -2.51. The number of aromatic nitrogens is 2. The van der Waals surface area contributed by atoms with E-state index in [4.69, 9.17) is 17.3 Å². The lowest BCUT2D eigenvalue weighted by molar-refractivity contribution is 0.380. The number of aliphatic imine (C=N–C) groups is 1. The topological polar surface area (TPSA) is 62.7 Å². The van der Waals surface area contributed by atoms with Crippen molar-refractivity contribution in [2.24, 2.45) is 17.8 Å². The first-order valence-corrected chi connectivity index (χ1v) is 8.02. The summed E-state index contributed by atoms with van der Waals surface area (Å²) in [5, 5.41) is 4.90. The lowest BCUT2D eigenvalue weighted by Gasteiger charge is -2.36. The largest absolute Gasteiger partial charge is 0.370 e. The number of benzene rings is 1. The highest BCUT2D eigenvalue weighted by atomic mass is 35.5. The van der Waals surface area contributed by atoms with Crippen molar-refractivity contribution in [2.45, 2.75) is 6.54 Å². The average molecular weight is 333 g/mol. The van der Waals surface area contributed by atoms with Crippen LogP contribution in [0.2, 0.25) is 5.02 Å². The summed E-state index contributed by atoms with van der Waals surface area (Å²) in [5.74, 6) is 0.601. The van der Waals surface area contributed by atoms with Gasteiger partial charge in [0.25, 0.3) is 0 Å². The minimum absolute atomic E-state index is 0.567. The molecular weight excluding hydrogens is 312 g/mol. The van der Waals surface area contributed by atoms with Crippen LogP contribution >= 0.6 is 11.6 Å². The molecule has 1 fully saturated rings. The molecule has 2 aromatic rings. The van der Waals surface area contributed by atoms with Crippen LogP contribution in [0.25, 0.3) is 0 Å². The van der Waals surface area contributed by atoms with Crippen LogP contribution in [0.4, 0.5) is 5.69 Å². The summed E-state index contributed by atoms with van der Waals surface area (Å²) in [6, 6.07) is 7.95. The minimum Gasteiger partial charge on any atom is -0.370 e. The number of hydrogen-bond acceptors (Lipinski definition) is 3. The first kappa shape index (κ1) is 15.7. The molecule has 1 saturated heterocycles. The monoisotopic (exact) mass is 332 g/mol. The van der Waals surface area contributed by atoms with Crippen molar-refractivity contribution in [3.63, 3.8) is 0 Å². The van der Waals surface area contributed by atoms with Crippen LogP contribution < -0.4 is 10.6 Å². The predicted octanol–water partition coefficient (Wildman–Crippen LogP) is 1.71. The number of nitrogens with zero attached hydrogens (tertiary/aromatic N) is 5. The normalized spacial score (nSPS) is 16.0. The summed E-state index contributed by atoms with van der Waals surface area (Å²) in [7, 11) is 1.90. The van der Waals surface area contributed by atoms with Gasteiger partial charge in [-0.3, -0.25) is 4.68 Å². The van der Waals surface area contributed by atoms with Crippen molar-refractivity contribution in [1.82, 2.24) is 14.7 Å². The fraction of sp³-hybridized carbons (Fsp3) is 0.375. The third-order valence-corrected chi connectivity index (χ3v) is 4.23. The van der Waals surface area contributed by atoms with Crippen LogP contribution in [0.15, 0.2) is 41.7 Å². The molecule has 2 N–H and O–H groups in total. The van der Waals surface area contributed by atoms with Gasteiger partial charge in [-0.2, -0.15) is 5.10 Å². The van der Waals surface area contributed by atoms with E-state index in [9.17, 15) is 0 Å². The van der Waals surface area contributed by atoms with Gasteiger partial charge in [0, 0.05) is 55.7 Å². The minimum atomic E-state index is 0.567. The molecule has 0 saturated carbocycles. The maximum Gasteiger partial charge on any atom is 0.191 e. The van der Waals surface area contributed by atoms with Gasteiger partial charge in [-0.15, -0.1) is 0 Å². The highest BCUT2D eigenvalue weighted by Gasteiger charge is 2.18. The molecule has 1 aliphatic rings. The molecule has 0 bridgehead atoms. The second-order valence-corrected chi connectivity index (χ2v) is 6.08. The molecule has 0 spiro atoms. The zero-order valence-corrected chi connectivity index (χ0v) is 13.9. The van der Waals surface area contributed by atoms with Crippen LogP contribution in [0, 0.1) is 0 Å². The zero-order valence-electron chi connectivity index (χ0n) is 13.2. The maximum absolute atomic E-state index is 6.12. The van der Waals surface area contributed by atoms with Gasteiger partial charge in [-0.25, -0.2) is 4.99 Å². The first-order chi connectivity index (χ1) is 11.1. The fourth-order valence-electron chi connectivity index (χ4n) is 2.67. The quantitative estimate of drug-likeness (QED) is 0.686. The molecule has 2 heterocycles. The van der Waals surface area contributed by atoms with Crippen molar-refractivity contribution in [1.29, 1.82) is 0 Å². The summed E-state index contributed by atoms with van der Waals surface area (Å²) in [6.45, 7) is 4.14. The van der Waals surface area contributed by atoms with Gasteiger partial charge in [0.1, 0.15) is 0 Å². The molecule has 0 atom stereocenters. The van der Waals surface area contributed by atoms with E-state index in [2.05, 4.69) is 32.0 Å². The second kappa shape index (κ2) is 6.91. The molecule has 122 valence electrons. The Kier molecular flexibility index (Phi) is 4.71. The molecule has 0 aliphatic carbocycles. The molecule has 1 aromatic carbocycles. The van der Waals surface area contributed by atoms with Crippen LogP contribution in [-0.4, -0.2) is 46.8 Å². The van der Waals surface area contributed by atoms with Gasteiger partial charge in [0.2, 0.25) is 0 Å². The van der Waals surface area contributed by atoms with E-state index < -0.39 is 0 Å². The number of nitrogens with two attached hydrogens (primary N) is 1. The molecule has 7 heteroatoms. The lowest BCUT2D eigenvalue weighted by atomic mass is 10.2. The molecule has 6 nitrogen and oxygen atoms in total. The molecule has 23 heavy (non-hydrogen) atoms. The Morgan fingerprint density at radius 1 is 1.22 bits per heavy atom. The summed E-state index contributed by atoms with van der Waals surface area (Å²) < 4.78 is 1.77. The van der Waals surface area contributed by atoms with Crippen molar-refractivity contribution in [3.05, 3.63) is 47.2 Å². The van der Waals surface area contributed by atoms with Crippen LogP contribution in [0.5, 0.6) is 0 Å². The Labute approximate surface area is 141 Å². The van der Waals surface area contributed by atoms with E-state index in [-0.39, 0.29) is 0 Å². The van der Waals surface area contributed by atoms with Crippen molar-refractivity contribution >= 4 is 23.2 Å². The molecular formula is C16H21ClN6. The van der Waals surface area contributed by atoms with E-state index in [0.29, 0.717) is 12.5 Å². The second-order valence-electron chi connectivity index (χ2n) is 5.65. The number of rotatable bonds is 3. The maximum atomic E-state index is 6.12. The van der Waals surface area contributed by atoms with Gasteiger partial charge >= 0.3 is 0 Å². The van der Waals surface area contributed by atoms with Crippen molar-refractivity contribution in [3.8, 4) is 0 Å². The number of piperazine rings is 1. The summed E-state index contributed by atoms with van der Waals surface area (Å²) in [6.07, 6.45) is 3.77. The van der Waals surface area contributed by atoms with E-state index in [1.807, 2.05) is 31.6 Å². The Morgan fingerprint density at radius 3 is 2.52 bits per heavy atom. The third kappa shape index (κ3) is 3.96. The van der Waals surface area contributed by atoms with Crippen molar-refractivity contribution in [2.75, 3.05) is 31.1 Å². The predicted molar refractivity (Wildman–Crippen MR) is 93.8 cm³/mol. The zero-order chi connectivity index (χ0) is 16.2. The SMILES string of the molecule is Cn1cc(CN=C(N)N2CCN(c3ccc(Cl)cc3)CC2)cn1. The number of hydrogen-bond donors (Lipinski definition) is 1. The average Bonchev–Trinajstić information content (AvgIpc) is 2.99. The first-order valence-electron chi connectivity index (χ1n) is 7.65. The number of anilines is 1.